The smallest absolute Gasteiger partial charge is 0.268 e. The van der Waals surface area contributed by atoms with E-state index >= 15 is 0 Å². The van der Waals surface area contributed by atoms with Gasteiger partial charge in [0.05, 0.1) is 23.8 Å². The SMILES string of the molecule is C=CCSc1nnc2n(-c3ccc(C)cc3)c(=O)c3c4c(sc3n12)CO[C@@H](C(C)C)C4. The van der Waals surface area contributed by atoms with Crippen molar-refractivity contribution >= 4 is 39.1 Å². The molecular formula is C23H24N4O2S2. The van der Waals surface area contributed by atoms with Gasteiger partial charge in [0.15, 0.2) is 5.16 Å². The third kappa shape index (κ3) is 3.33. The lowest BCUT2D eigenvalue weighted by Crippen LogP contribution is -2.28. The Morgan fingerprint density at radius 1 is 1.32 bits per heavy atom. The molecule has 5 rings (SSSR count). The molecule has 0 aliphatic carbocycles. The van der Waals surface area contributed by atoms with Crippen molar-refractivity contribution in [3.63, 3.8) is 0 Å². The predicted octanol–water partition coefficient (Wildman–Crippen LogP) is 4.78. The van der Waals surface area contributed by atoms with Gasteiger partial charge in [-0.15, -0.1) is 28.1 Å². The highest BCUT2D eigenvalue weighted by Crippen LogP contribution is 2.37. The number of rotatable bonds is 5. The van der Waals surface area contributed by atoms with Gasteiger partial charge >= 0.3 is 0 Å². The zero-order valence-corrected chi connectivity index (χ0v) is 19.4. The quantitative estimate of drug-likeness (QED) is 0.322. The molecule has 4 heterocycles. The molecule has 160 valence electrons. The molecule has 6 nitrogen and oxygen atoms in total. The van der Waals surface area contributed by atoms with Crippen LogP contribution in [0.1, 0.15) is 29.9 Å². The van der Waals surface area contributed by atoms with E-state index in [1.807, 2.05) is 41.7 Å². The molecule has 0 amide bonds. The molecule has 0 unspecified atom stereocenters. The topological polar surface area (TPSA) is 61.4 Å². The van der Waals surface area contributed by atoms with E-state index in [2.05, 4.69) is 30.6 Å². The van der Waals surface area contributed by atoms with Crippen LogP contribution in [-0.4, -0.2) is 31.0 Å². The Morgan fingerprint density at radius 3 is 2.81 bits per heavy atom. The van der Waals surface area contributed by atoms with E-state index in [-0.39, 0.29) is 11.7 Å². The molecular weight excluding hydrogens is 428 g/mol. The number of hydrogen-bond donors (Lipinski definition) is 0. The molecule has 1 aliphatic rings. The third-order valence-electron chi connectivity index (χ3n) is 5.71. The zero-order valence-electron chi connectivity index (χ0n) is 17.8. The van der Waals surface area contributed by atoms with Crippen LogP contribution in [0.25, 0.3) is 21.7 Å². The van der Waals surface area contributed by atoms with Gasteiger partial charge in [0, 0.05) is 17.1 Å². The van der Waals surface area contributed by atoms with E-state index in [4.69, 9.17) is 4.74 Å². The molecule has 3 aromatic heterocycles. The summed E-state index contributed by atoms with van der Waals surface area (Å²) in [5, 5.41) is 10.4. The summed E-state index contributed by atoms with van der Waals surface area (Å²) >= 11 is 3.19. The van der Waals surface area contributed by atoms with E-state index < -0.39 is 0 Å². The molecule has 0 spiro atoms. The molecule has 1 aliphatic heterocycles. The lowest BCUT2D eigenvalue weighted by atomic mass is 9.96. The minimum absolute atomic E-state index is 0.0408. The van der Waals surface area contributed by atoms with Gasteiger partial charge in [-0.25, -0.2) is 8.97 Å². The standard InChI is InChI=1S/C23H24N4O2S2/c1-5-10-30-23-25-24-22-26(15-8-6-14(4)7-9-15)20(28)19-16-11-17(13(2)3)29-12-18(16)31-21(19)27(22)23/h5-9,13,17H,1,10-12H2,2-4H3/t17-/m1/s1. The average Bonchev–Trinajstić information content (AvgIpc) is 3.34. The second kappa shape index (κ2) is 7.93. The van der Waals surface area contributed by atoms with Gasteiger partial charge < -0.3 is 4.74 Å². The molecule has 0 fully saturated rings. The summed E-state index contributed by atoms with van der Waals surface area (Å²) in [4.78, 5) is 15.9. The van der Waals surface area contributed by atoms with E-state index in [0.717, 1.165) is 49.2 Å². The largest absolute Gasteiger partial charge is 0.372 e. The predicted molar refractivity (Wildman–Crippen MR) is 127 cm³/mol. The van der Waals surface area contributed by atoms with Crippen molar-refractivity contribution < 1.29 is 4.74 Å². The highest BCUT2D eigenvalue weighted by Gasteiger charge is 2.30. The fourth-order valence-electron chi connectivity index (χ4n) is 4.02. The maximum absolute atomic E-state index is 13.9. The van der Waals surface area contributed by atoms with Crippen molar-refractivity contribution in [1.82, 2.24) is 19.2 Å². The van der Waals surface area contributed by atoms with Crippen LogP contribution in [0.2, 0.25) is 0 Å². The van der Waals surface area contributed by atoms with E-state index in [0.29, 0.717) is 18.3 Å². The number of aryl methyl sites for hydroxylation is 1. The number of ether oxygens (including phenoxy) is 1. The van der Waals surface area contributed by atoms with Crippen LogP contribution in [0.15, 0.2) is 46.9 Å². The number of thiophene rings is 1. The van der Waals surface area contributed by atoms with Gasteiger partial charge in [0.1, 0.15) is 4.83 Å². The number of hydrogen-bond acceptors (Lipinski definition) is 6. The van der Waals surface area contributed by atoms with Crippen molar-refractivity contribution in [3.8, 4) is 5.69 Å². The van der Waals surface area contributed by atoms with Gasteiger partial charge in [-0.3, -0.25) is 4.79 Å². The number of fused-ring (bicyclic) bond motifs is 5. The normalized spacial score (nSPS) is 16.3. The summed E-state index contributed by atoms with van der Waals surface area (Å²) in [6.45, 7) is 10.7. The van der Waals surface area contributed by atoms with Gasteiger partial charge in [-0.2, -0.15) is 0 Å². The van der Waals surface area contributed by atoms with Gasteiger partial charge in [-0.05, 0) is 30.5 Å². The maximum Gasteiger partial charge on any atom is 0.268 e. The highest BCUT2D eigenvalue weighted by molar-refractivity contribution is 7.99. The molecule has 0 bridgehead atoms. The first kappa shape index (κ1) is 20.5. The lowest BCUT2D eigenvalue weighted by molar-refractivity contribution is 0.00200. The zero-order chi connectivity index (χ0) is 21.7. The van der Waals surface area contributed by atoms with Crippen LogP contribution in [0.5, 0.6) is 0 Å². The summed E-state index contributed by atoms with van der Waals surface area (Å²) in [6.07, 6.45) is 2.71. The molecule has 4 aromatic rings. The fraction of sp³-hybridized carbons (Fsp3) is 0.348. The maximum atomic E-state index is 13.9. The summed E-state index contributed by atoms with van der Waals surface area (Å²) < 4.78 is 9.81. The van der Waals surface area contributed by atoms with Crippen molar-refractivity contribution in [2.24, 2.45) is 5.92 Å². The van der Waals surface area contributed by atoms with Crippen molar-refractivity contribution in [1.29, 1.82) is 0 Å². The van der Waals surface area contributed by atoms with Crippen LogP contribution < -0.4 is 5.56 Å². The first-order valence-corrected chi connectivity index (χ1v) is 12.2. The average molecular weight is 453 g/mol. The summed E-state index contributed by atoms with van der Waals surface area (Å²) in [5.74, 6) is 1.64. The number of aromatic nitrogens is 4. The van der Waals surface area contributed by atoms with E-state index in [1.54, 1.807) is 27.7 Å². The Balaban J connectivity index is 1.85. The van der Waals surface area contributed by atoms with Crippen LogP contribution in [0, 0.1) is 12.8 Å². The molecule has 31 heavy (non-hydrogen) atoms. The molecule has 1 aromatic carbocycles. The lowest BCUT2D eigenvalue weighted by Gasteiger charge is -2.26. The Hall–Kier alpha value is -2.42. The van der Waals surface area contributed by atoms with Gasteiger partial charge in [0.2, 0.25) is 5.78 Å². The van der Waals surface area contributed by atoms with Crippen molar-refractivity contribution in [2.75, 3.05) is 5.75 Å². The number of benzene rings is 1. The molecule has 0 radical (unpaired) electrons. The molecule has 0 saturated carbocycles. The van der Waals surface area contributed by atoms with Crippen LogP contribution in [-0.2, 0) is 17.8 Å². The summed E-state index contributed by atoms with van der Waals surface area (Å²) in [5.41, 5.74) is 3.01. The highest BCUT2D eigenvalue weighted by atomic mass is 32.2. The number of nitrogens with zero attached hydrogens (tertiary/aromatic N) is 4. The minimum atomic E-state index is -0.0408. The first-order valence-electron chi connectivity index (χ1n) is 10.4. The summed E-state index contributed by atoms with van der Waals surface area (Å²) in [7, 11) is 0. The monoisotopic (exact) mass is 452 g/mol. The Bertz CT molecular complexity index is 1350. The Morgan fingerprint density at radius 2 is 2.10 bits per heavy atom. The fourth-order valence-corrected chi connectivity index (χ4v) is 5.99. The molecule has 0 saturated heterocycles. The van der Waals surface area contributed by atoms with Crippen molar-refractivity contribution in [3.05, 3.63) is 63.3 Å². The van der Waals surface area contributed by atoms with Crippen LogP contribution in [0.4, 0.5) is 0 Å². The van der Waals surface area contributed by atoms with E-state index in [9.17, 15) is 4.79 Å². The van der Waals surface area contributed by atoms with Gasteiger partial charge in [-0.1, -0.05) is 49.4 Å². The number of thioether (sulfide) groups is 1. The van der Waals surface area contributed by atoms with Crippen LogP contribution in [0.3, 0.4) is 0 Å². The van der Waals surface area contributed by atoms with Crippen LogP contribution >= 0.6 is 23.1 Å². The molecule has 8 heteroatoms. The van der Waals surface area contributed by atoms with E-state index in [1.165, 1.54) is 0 Å². The Kier molecular flexibility index (Phi) is 5.24. The molecule has 0 N–H and O–H groups in total. The molecule has 1 atom stereocenters. The Labute approximate surface area is 188 Å². The third-order valence-corrected chi connectivity index (χ3v) is 7.82. The van der Waals surface area contributed by atoms with Crippen molar-refractivity contribution in [2.45, 2.75) is 45.1 Å². The second-order valence-corrected chi connectivity index (χ2v) is 10.2. The first-order chi connectivity index (χ1) is 15.0. The van der Waals surface area contributed by atoms with Gasteiger partial charge in [0.25, 0.3) is 5.56 Å². The second-order valence-electron chi connectivity index (χ2n) is 8.18. The minimum Gasteiger partial charge on any atom is -0.372 e. The summed E-state index contributed by atoms with van der Waals surface area (Å²) in [6, 6.07) is 7.95.